The van der Waals surface area contributed by atoms with Crippen molar-refractivity contribution in [1.29, 1.82) is 0 Å². The van der Waals surface area contributed by atoms with Crippen LogP contribution in [0.25, 0.3) is 0 Å². The lowest BCUT2D eigenvalue weighted by molar-refractivity contribution is 0.0471. The van der Waals surface area contributed by atoms with Crippen LogP contribution in [-0.4, -0.2) is 33.4 Å². The quantitative estimate of drug-likeness (QED) is 0.438. The maximum atomic E-state index is 12.7. The first kappa shape index (κ1) is 20.7. The van der Waals surface area contributed by atoms with Crippen molar-refractivity contribution in [3.8, 4) is 0 Å². The number of hydrogen-bond donors (Lipinski definition) is 0. The minimum atomic E-state index is -1.32. The van der Waals surface area contributed by atoms with Crippen LogP contribution >= 0.6 is 0 Å². The third-order valence-corrected chi connectivity index (χ3v) is 5.78. The first-order valence-corrected chi connectivity index (χ1v) is 10.8. The third-order valence-electron chi connectivity index (χ3n) is 4.81. The molecule has 1 heterocycles. The van der Waals surface area contributed by atoms with Gasteiger partial charge in [0, 0.05) is 29.8 Å². The molecular formula is C23H23NO4S. The summed E-state index contributed by atoms with van der Waals surface area (Å²) in [5.74, 6) is -0.914. The molecule has 0 unspecified atom stereocenters. The lowest BCUT2D eigenvalue weighted by Crippen LogP contribution is -2.16. The number of Topliss-reactive ketones (excluding diaryl/α,β-unsaturated/α-hetero) is 1. The van der Waals surface area contributed by atoms with Gasteiger partial charge in [-0.1, -0.05) is 42.5 Å². The number of hydrogen-bond acceptors (Lipinski definition) is 4. The maximum absolute atomic E-state index is 12.7. The average Bonchev–Trinajstić information content (AvgIpc) is 3.00. The summed E-state index contributed by atoms with van der Waals surface area (Å²) in [6.07, 6.45) is 1.50. The molecule has 3 aromatic rings. The predicted octanol–water partition coefficient (Wildman–Crippen LogP) is 3.93. The van der Waals surface area contributed by atoms with Crippen LogP contribution in [0.2, 0.25) is 0 Å². The summed E-state index contributed by atoms with van der Waals surface area (Å²) in [5.41, 5.74) is 3.70. The molecule has 0 saturated carbocycles. The fraction of sp³-hybridized carbons (Fsp3) is 0.217. The van der Waals surface area contributed by atoms with Gasteiger partial charge in [-0.2, -0.15) is 0 Å². The number of carbonyl (C=O) groups is 2. The molecule has 3 rings (SSSR count). The molecule has 0 aliphatic heterocycles. The van der Waals surface area contributed by atoms with Crippen LogP contribution in [0.3, 0.4) is 0 Å². The zero-order chi connectivity index (χ0) is 21.0. The van der Waals surface area contributed by atoms with Crippen LogP contribution in [0.1, 0.15) is 37.7 Å². The molecular weight excluding hydrogens is 386 g/mol. The van der Waals surface area contributed by atoms with Gasteiger partial charge in [0.15, 0.2) is 6.61 Å². The second kappa shape index (κ2) is 9.01. The number of nitrogens with zero attached hydrogens (tertiary/aromatic N) is 1. The largest absolute Gasteiger partial charge is 0.454 e. The van der Waals surface area contributed by atoms with E-state index in [4.69, 9.17) is 4.74 Å². The minimum Gasteiger partial charge on any atom is -0.454 e. The molecule has 0 fully saturated rings. The van der Waals surface area contributed by atoms with Crippen LogP contribution in [0.15, 0.2) is 65.6 Å². The van der Waals surface area contributed by atoms with Crippen molar-refractivity contribution in [3.63, 3.8) is 0 Å². The fourth-order valence-electron chi connectivity index (χ4n) is 3.27. The van der Waals surface area contributed by atoms with Gasteiger partial charge in [-0.3, -0.25) is 9.00 Å². The van der Waals surface area contributed by atoms with Crippen molar-refractivity contribution in [2.45, 2.75) is 25.3 Å². The molecule has 150 valence electrons. The molecule has 2 aromatic carbocycles. The molecule has 1 aromatic heterocycles. The van der Waals surface area contributed by atoms with E-state index in [0.29, 0.717) is 17.0 Å². The monoisotopic (exact) mass is 409 g/mol. The summed E-state index contributed by atoms with van der Waals surface area (Å²) in [6.45, 7) is 4.15. The van der Waals surface area contributed by atoms with E-state index >= 15 is 0 Å². The average molecular weight is 410 g/mol. The van der Waals surface area contributed by atoms with Crippen molar-refractivity contribution in [1.82, 2.24) is 4.57 Å². The van der Waals surface area contributed by atoms with E-state index in [2.05, 4.69) is 4.57 Å². The number of ketones is 1. The normalized spacial score (nSPS) is 11.8. The highest BCUT2D eigenvalue weighted by Crippen LogP contribution is 2.19. The summed E-state index contributed by atoms with van der Waals surface area (Å²) in [7, 11) is -1.32. The molecule has 0 amide bonds. The highest BCUT2D eigenvalue weighted by molar-refractivity contribution is 7.84. The summed E-state index contributed by atoms with van der Waals surface area (Å²) in [5, 5.41) is 0. The van der Waals surface area contributed by atoms with E-state index in [1.54, 1.807) is 24.3 Å². The zero-order valence-corrected chi connectivity index (χ0v) is 17.5. The van der Waals surface area contributed by atoms with Gasteiger partial charge in [0.1, 0.15) is 0 Å². The minimum absolute atomic E-state index is 0.218. The van der Waals surface area contributed by atoms with Crippen LogP contribution in [-0.2, 0) is 22.1 Å². The standard InChI is InChI=1S/C23H23NO4S/c1-16-13-20(17(2)24(16)14-18-9-5-4-6-10-18)21(25)15-28-23(26)19-11-7-8-12-22(19)29(3)27/h4-13H,14-15H2,1-3H3/t29-/m0/s1. The molecule has 5 nitrogen and oxygen atoms in total. The lowest BCUT2D eigenvalue weighted by atomic mass is 10.1. The van der Waals surface area contributed by atoms with Crippen LogP contribution < -0.4 is 0 Å². The smallest absolute Gasteiger partial charge is 0.339 e. The van der Waals surface area contributed by atoms with Gasteiger partial charge in [0.2, 0.25) is 5.78 Å². The van der Waals surface area contributed by atoms with Gasteiger partial charge in [-0.15, -0.1) is 0 Å². The highest BCUT2D eigenvalue weighted by atomic mass is 32.2. The topological polar surface area (TPSA) is 65.4 Å². The summed E-state index contributed by atoms with van der Waals surface area (Å²) >= 11 is 0. The Morgan fingerprint density at radius 3 is 2.31 bits per heavy atom. The van der Waals surface area contributed by atoms with Crippen LogP contribution in [0.4, 0.5) is 0 Å². The Balaban J connectivity index is 1.73. The van der Waals surface area contributed by atoms with Crippen molar-refractivity contribution < 1.29 is 18.5 Å². The number of aryl methyl sites for hydroxylation is 1. The molecule has 0 saturated heterocycles. The molecule has 0 spiro atoms. The van der Waals surface area contributed by atoms with Crippen molar-refractivity contribution >= 4 is 22.6 Å². The first-order chi connectivity index (χ1) is 13.9. The van der Waals surface area contributed by atoms with Crippen molar-refractivity contribution in [3.05, 3.63) is 88.7 Å². The molecule has 0 aliphatic carbocycles. The van der Waals surface area contributed by atoms with E-state index in [1.807, 2.05) is 50.2 Å². The Labute approximate surface area is 172 Å². The Bertz CT molecular complexity index is 1070. The number of carbonyl (C=O) groups excluding carboxylic acids is 2. The van der Waals surface area contributed by atoms with Crippen LogP contribution in [0, 0.1) is 13.8 Å². The van der Waals surface area contributed by atoms with Gasteiger partial charge < -0.3 is 9.30 Å². The van der Waals surface area contributed by atoms with E-state index in [9.17, 15) is 13.8 Å². The zero-order valence-electron chi connectivity index (χ0n) is 16.7. The summed E-state index contributed by atoms with van der Waals surface area (Å²) < 4.78 is 19.1. The van der Waals surface area contributed by atoms with Crippen LogP contribution in [0.5, 0.6) is 0 Å². The van der Waals surface area contributed by atoms with Gasteiger partial charge in [0.05, 0.1) is 21.3 Å². The second-order valence-corrected chi connectivity index (χ2v) is 8.15. The number of aromatic nitrogens is 1. The van der Waals surface area contributed by atoms with Gasteiger partial charge >= 0.3 is 5.97 Å². The van der Waals surface area contributed by atoms with Gasteiger partial charge in [-0.25, -0.2) is 4.79 Å². The summed E-state index contributed by atoms with van der Waals surface area (Å²) in [6, 6.07) is 18.4. The van der Waals surface area contributed by atoms with Gasteiger partial charge in [0.25, 0.3) is 0 Å². The van der Waals surface area contributed by atoms with E-state index < -0.39 is 16.8 Å². The molecule has 0 bridgehead atoms. The Kier molecular flexibility index (Phi) is 6.44. The molecule has 0 N–H and O–H groups in total. The van der Waals surface area contributed by atoms with E-state index in [-0.39, 0.29) is 18.0 Å². The summed E-state index contributed by atoms with van der Waals surface area (Å²) in [4.78, 5) is 25.5. The molecule has 6 heteroatoms. The second-order valence-electron chi connectivity index (χ2n) is 6.81. The van der Waals surface area contributed by atoms with Gasteiger partial charge in [-0.05, 0) is 37.6 Å². The van der Waals surface area contributed by atoms with E-state index in [1.165, 1.54) is 6.26 Å². The Morgan fingerprint density at radius 1 is 0.966 bits per heavy atom. The Hall–Kier alpha value is -2.99. The SMILES string of the molecule is Cc1cc(C(=O)COC(=O)c2ccccc2[S@](C)=O)c(C)n1Cc1ccccc1. The van der Waals surface area contributed by atoms with Crippen molar-refractivity contribution in [2.24, 2.45) is 0 Å². The number of esters is 1. The highest BCUT2D eigenvalue weighted by Gasteiger charge is 2.20. The van der Waals surface area contributed by atoms with Crippen molar-refractivity contribution in [2.75, 3.05) is 12.9 Å². The number of benzene rings is 2. The molecule has 0 radical (unpaired) electrons. The Morgan fingerprint density at radius 2 is 1.62 bits per heavy atom. The maximum Gasteiger partial charge on any atom is 0.339 e. The lowest BCUT2D eigenvalue weighted by Gasteiger charge is -2.10. The molecule has 1 atom stereocenters. The fourth-order valence-corrected chi connectivity index (χ4v) is 4.00. The molecule has 29 heavy (non-hydrogen) atoms. The van der Waals surface area contributed by atoms with E-state index in [0.717, 1.165) is 17.0 Å². The number of ether oxygens (including phenoxy) is 1. The third kappa shape index (κ3) is 4.71. The predicted molar refractivity (Wildman–Crippen MR) is 113 cm³/mol. The first-order valence-electron chi connectivity index (χ1n) is 9.22. The number of rotatable bonds is 7. The molecule has 0 aliphatic rings.